The zero-order valence-electron chi connectivity index (χ0n) is 14.0. The van der Waals surface area contributed by atoms with E-state index in [1.165, 1.54) is 7.11 Å². The Balaban J connectivity index is 1.95. The van der Waals surface area contributed by atoms with Crippen molar-refractivity contribution in [3.8, 4) is 11.8 Å². The van der Waals surface area contributed by atoms with Gasteiger partial charge in [0.1, 0.15) is 17.4 Å². The maximum absolute atomic E-state index is 12.5. The summed E-state index contributed by atoms with van der Waals surface area (Å²) in [5.74, 6) is 0.0678. The molecule has 0 radical (unpaired) electrons. The van der Waals surface area contributed by atoms with E-state index in [9.17, 15) is 10.1 Å². The third-order valence-electron chi connectivity index (χ3n) is 3.95. The van der Waals surface area contributed by atoms with Crippen molar-refractivity contribution in [1.82, 2.24) is 4.57 Å². The van der Waals surface area contributed by atoms with Crippen LogP contribution < -0.4 is 10.1 Å². The minimum Gasteiger partial charge on any atom is -0.495 e. The van der Waals surface area contributed by atoms with Crippen LogP contribution in [0.5, 0.6) is 5.75 Å². The quantitative estimate of drug-likeness (QED) is 0.585. The Morgan fingerprint density at radius 1 is 1.20 bits per heavy atom. The first kappa shape index (κ1) is 16.3. The number of hydrogen-bond acceptors (Lipinski definition) is 3. The molecule has 0 aliphatic carbocycles. The van der Waals surface area contributed by atoms with Crippen LogP contribution in [0.2, 0.25) is 0 Å². The van der Waals surface area contributed by atoms with Crippen LogP contribution in [0.15, 0.2) is 60.3 Å². The molecule has 3 rings (SSSR count). The topological polar surface area (TPSA) is 67.0 Å². The maximum atomic E-state index is 12.5. The number of anilines is 1. The highest BCUT2D eigenvalue weighted by Gasteiger charge is 2.13. The zero-order chi connectivity index (χ0) is 17.8. The van der Waals surface area contributed by atoms with Gasteiger partial charge in [-0.3, -0.25) is 4.79 Å². The number of carbonyl (C=O) groups excluding carboxylic acids is 1. The summed E-state index contributed by atoms with van der Waals surface area (Å²) in [5.41, 5.74) is 2.41. The third kappa shape index (κ3) is 3.24. The third-order valence-corrected chi connectivity index (χ3v) is 3.95. The van der Waals surface area contributed by atoms with Crippen LogP contribution in [0.25, 0.3) is 17.0 Å². The molecular formula is C20H17N3O2. The number of methoxy groups -OCH3 is 1. The van der Waals surface area contributed by atoms with E-state index in [4.69, 9.17) is 4.74 Å². The molecule has 1 amide bonds. The number of fused-ring (bicyclic) bond motifs is 1. The van der Waals surface area contributed by atoms with Crippen molar-refractivity contribution in [3.63, 3.8) is 0 Å². The molecule has 124 valence electrons. The Morgan fingerprint density at radius 3 is 2.68 bits per heavy atom. The van der Waals surface area contributed by atoms with Gasteiger partial charge >= 0.3 is 0 Å². The van der Waals surface area contributed by atoms with Gasteiger partial charge in [0.25, 0.3) is 5.91 Å². The monoisotopic (exact) mass is 331 g/mol. The predicted octanol–water partition coefficient (Wildman–Crippen LogP) is 3.73. The van der Waals surface area contributed by atoms with E-state index in [-0.39, 0.29) is 5.57 Å². The molecule has 0 fully saturated rings. The van der Waals surface area contributed by atoms with Crippen LogP contribution in [0.4, 0.5) is 5.69 Å². The molecule has 0 unspecified atom stereocenters. The fraction of sp³-hybridized carbons (Fsp3) is 0.100. The maximum Gasteiger partial charge on any atom is 0.266 e. The van der Waals surface area contributed by atoms with Crippen molar-refractivity contribution in [2.45, 2.75) is 0 Å². The average molecular weight is 331 g/mol. The Morgan fingerprint density at radius 2 is 1.92 bits per heavy atom. The number of para-hydroxylation sites is 3. The minimum atomic E-state index is -0.472. The van der Waals surface area contributed by atoms with Gasteiger partial charge in [0, 0.05) is 29.7 Å². The minimum absolute atomic E-state index is 0.0299. The number of aromatic nitrogens is 1. The van der Waals surface area contributed by atoms with Gasteiger partial charge in [0.2, 0.25) is 0 Å². The van der Waals surface area contributed by atoms with Crippen LogP contribution >= 0.6 is 0 Å². The van der Waals surface area contributed by atoms with Gasteiger partial charge in [0.05, 0.1) is 12.8 Å². The Kier molecular flexibility index (Phi) is 4.53. The average Bonchev–Trinajstić information content (AvgIpc) is 2.96. The molecule has 3 aromatic rings. The summed E-state index contributed by atoms with van der Waals surface area (Å²) in [6, 6.07) is 16.9. The second-order valence-corrected chi connectivity index (χ2v) is 5.54. The molecular weight excluding hydrogens is 314 g/mol. The number of rotatable bonds is 4. The van der Waals surface area contributed by atoms with Crippen molar-refractivity contribution in [3.05, 3.63) is 65.9 Å². The number of hydrogen-bond donors (Lipinski definition) is 1. The van der Waals surface area contributed by atoms with Gasteiger partial charge in [0.15, 0.2) is 0 Å². The largest absolute Gasteiger partial charge is 0.495 e. The first-order valence-corrected chi connectivity index (χ1v) is 7.74. The number of aryl methyl sites for hydroxylation is 1. The number of nitriles is 1. The molecule has 0 bridgehead atoms. The number of ether oxygens (including phenoxy) is 1. The molecule has 25 heavy (non-hydrogen) atoms. The Bertz CT molecular complexity index is 1010. The van der Waals surface area contributed by atoms with Crippen molar-refractivity contribution in [2.24, 2.45) is 7.05 Å². The molecule has 0 aliphatic heterocycles. The van der Waals surface area contributed by atoms with Crippen molar-refractivity contribution in [2.75, 3.05) is 12.4 Å². The van der Waals surface area contributed by atoms with Gasteiger partial charge in [-0.2, -0.15) is 5.26 Å². The normalized spacial score (nSPS) is 11.2. The molecule has 1 heterocycles. The lowest BCUT2D eigenvalue weighted by molar-refractivity contribution is -0.112. The van der Waals surface area contributed by atoms with E-state index in [1.807, 2.05) is 54.2 Å². The number of nitrogens with one attached hydrogen (secondary N) is 1. The van der Waals surface area contributed by atoms with Crippen LogP contribution in [0.3, 0.4) is 0 Å². The van der Waals surface area contributed by atoms with E-state index in [1.54, 1.807) is 24.3 Å². The molecule has 0 aliphatic rings. The highest BCUT2D eigenvalue weighted by Crippen LogP contribution is 2.25. The van der Waals surface area contributed by atoms with Crippen molar-refractivity contribution in [1.29, 1.82) is 5.26 Å². The van der Waals surface area contributed by atoms with E-state index in [2.05, 4.69) is 5.32 Å². The smallest absolute Gasteiger partial charge is 0.266 e. The van der Waals surface area contributed by atoms with E-state index < -0.39 is 5.91 Å². The van der Waals surface area contributed by atoms with Gasteiger partial charge in [-0.25, -0.2) is 0 Å². The lowest BCUT2D eigenvalue weighted by atomic mass is 10.1. The molecule has 5 nitrogen and oxygen atoms in total. The number of nitrogens with zero attached hydrogens (tertiary/aromatic N) is 2. The molecule has 1 aromatic heterocycles. The number of amides is 1. The lowest BCUT2D eigenvalue weighted by Gasteiger charge is -2.09. The first-order valence-electron chi connectivity index (χ1n) is 7.74. The fourth-order valence-corrected chi connectivity index (χ4v) is 2.73. The first-order chi connectivity index (χ1) is 12.1. The van der Waals surface area contributed by atoms with Crippen LogP contribution in [0.1, 0.15) is 5.56 Å². The number of carbonyl (C=O) groups is 1. The summed E-state index contributed by atoms with van der Waals surface area (Å²) in [6.07, 6.45) is 3.51. The van der Waals surface area contributed by atoms with Gasteiger partial charge < -0.3 is 14.6 Å². The van der Waals surface area contributed by atoms with Crippen molar-refractivity contribution >= 4 is 28.6 Å². The van der Waals surface area contributed by atoms with Crippen LogP contribution in [-0.4, -0.2) is 17.6 Å². The summed E-state index contributed by atoms with van der Waals surface area (Å²) in [6.45, 7) is 0. The highest BCUT2D eigenvalue weighted by atomic mass is 16.5. The molecule has 1 N–H and O–H groups in total. The summed E-state index contributed by atoms with van der Waals surface area (Å²) >= 11 is 0. The molecule has 0 spiro atoms. The molecule has 0 atom stereocenters. The highest BCUT2D eigenvalue weighted by molar-refractivity contribution is 6.11. The van der Waals surface area contributed by atoms with Gasteiger partial charge in [-0.1, -0.05) is 30.3 Å². The Labute approximate surface area is 145 Å². The zero-order valence-corrected chi connectivity index (χ0v) is 14.0. The van der Waals surface area contributed by atoms with E-state index >= 15 is 0 Å². The summed E-state index contributed by atoms with van der Waals surface area (Å²) in [5, 5.41) is 13.1. The summed E-state index contributed by atoms with van der Waals surface area (Å²) < 4.78 is 7.18. The molecule has 0 saturated heterocycles. The Hall–Kier alpha value is -3.52. The SMILES string of the molecule is COc1ccccc1NC(=O)C(C#N)=Cc1cn(C)c2ccccc12. The summed E-state index contributed by atoms with van der Waals surface area (Å²) in [4.78, 5) is 12.5. The van der Waals surface area contributed by atoms with E-state index in [0.29, 0.717) is 11.4 Å². The molecule has 2 aromatic carbocycles. The molecule has 5 heteroatoms. The van der Waals surface area contributed by atoms with Crippen molar-refractivity contribution < 1.29 is 9.53 Å². The van der Waals surface area contributed by atoms with E-state index in [0.717, 1.165) is 16.5 Å². The van der Waals surface area contributed by atoms with Crippen LogP contribution in [0, 0.1) is 11.3 Å². The standard InChI is InChI=1S/C20H17N3O2/c1-23-13-15(16-7-3-5-9-18(16)23)11-14(12-21)20(24)22-17-8-4-6-10-19(17)25-2/h3-11,13H,1-2H3,(H,22,24). The van der Waals surface area contributed by atoms with Gasteiger partial charge in [-0.15, -0.1) is 0 Å². The number of benzene rings is 2. The predicted molar refractivity (Wildman–Crippen MR) is 98.1 cm³/mol. The fourth-order valence-electron chi connectivity index (χ4n) is 2.73. The lowest BCUT2D eigenvalue weighted by Crippen LogP contribution is -2.14. The molecule has 0 saturated carbocycles. The van der Waals surface area contributed by atoms with Gasteiger partial charge in [-0.05, 0) is 24.3 Å². The second kappa shape index (κ2) is 6.93. The second-order valence-electron chi connectivity index (χ2n) is 5.54. The summed E-state index contributed by atoms with van der Waals surface area (Å²) in [7, 11) is 3.46. The van der Waals surface area contributed by atoms with Crippen LogP contribution in [-0.2, 0) is 11.8 Å².